The molecule has 27 heavy (non-hydrogen) atoms. The minimum Gasteiger partial charge on any atom is -0.435 e. The van der Waals surface area contributed by atoms with Crippen molar-refractivity contribution in [2.45, 2.75) is 19.7 Å². The Labute approximate surface area is 151 Å². The molecule has 0 aliphatic carbocycles. The first-order valence-corrected chi connectivity index (χ1v) is 7.96. The number of H-pyrrole nitrogens is 1. The van der Waals surface area contributed by atoms with Crippen LogP contribution in [0.15, 0.2) is 58.1 Å². The Morgan fingerprint density at radius 1 is 1.07 bits per heavy atom. The highest BCUT2D eigenvalue weighted by Gasteiger charge is 2.10. The molecule has 0 bridgehead atoms. The standard InChI is InChI=1S/C18H15F2N3O4/c19-18(20)27-12-7-5-11(6-8-12)9-21-15(24)10-23-17(26)14-4-2-1-3-13(14)16(25)22-23/h1-8,18H,9-10H2,(H,21,24)(H,22,25). The van der Waals surface area contributed by atoms with Crippen LogP contribution in [0.2, 0.25) is 0 Å². The molecule has 3 rings (SSSR count). The number of ether oxygens (including phenoxy) is 1. The molecular weight excluding hydrogens is 360 g/mol. The number of rotatable bonds is 6. The van der Waals surface area contributed by atoms with Crippen LogP contribution in [0.3, 0.4) is 0 Å². The van der Waals surface area contributed by atoms with Crippen molar-refractivity contribution in [3.05, 3.63) is 74.8 Å². The highest BCUT2D eigenvalue weighted by Crippen LogP contribution is 2.14. The number of amides is 1. The number of aromatic nitrogens is 2. The highest BCUT2D eigenvalue weighted by atomic mass is 19.3. The molecule has 0 atom stereocenters. The van der Waals surface area contributed by atoms with Crippen molar-refractivity contribution in [1.82, 2.24) is 15.1 Å². The second-order valence-corrected chi connectivity index (χ2v) is 5.68. The van der Waals surface area contributed by atoms with Gasteiger partial charge in [-0.2, -0.15) is 8.78 Å². The summed E-state index contributed by atoms with van der Waals surface area (Å²) < 4.78 is 29.4. The molecule has 140 valence electrons. The molecule has 0 saturated heterocycles. The van der Waals surface area contributed by atoms with Crippen LogP contribution >= 0.6 is 0 Å². The summed E-state index contributed by atoms with van der Waals surface area (Å²) in [5.41, 5.74) is -0.286. The first kappa shape index (κ1) is 18.3. The van der Waals surface area contributed by atoms with Gasteiger partial charge in [-0.25, -0.2) is 4.68 Å². The first-order chi connectivity index (χ1) is 12.9. The second kappa shape index (κ2) is 7.81. The third-order valence-corrected chi connectivity index (χ3v) is 3.82. The van der Waals surface area contributed by atoms with Gasteiger partial charge in [0.05, 0.1) is 10.8 Å². The van der Waals surface area contributed by atoms with Gasteiger partial charge >= 0.3 is 6.61 Å². The Morgan fingerprint density at radius 2 is 1.74 bits per heavy atom. The molecule has 0 aliphatic rings. The van der Waals surface area contributed by atoms with E-state index < -0.39 is 23.6 Å². The van der Waals surface area contributed by atoms with E-state index in [2.05, 4.69) is 15.2 Å². The molecule has 1 aromatic heterocycles. The van der Waals surface area contributed by atoms with E-state index in [1.807, 2.05) is 0 Å². The molecular formula is C18H15F2N3O4. The summed E-state index contributed by atoms with van der Waals surface area (Å²) in [4.78, 5) is 36.4. The summed E-state index contributed by atoms with van der Waals surface area (Å²) in [7, 11) is 0. The van der Waals surface area contributed by atoms with Crippen LogP contribution in [-0.4, -0.2) is 22.3 Å². The Kier molecular flexibility index (Phi) is 5.30. The molecule has 1 amide bonds. The monoisotopic (exact) mass is 375 g/mol. The lowest BCUT2D eigenvalue weighted by molar-refractivity contribution is -0.122. The quantitative estimate of drug-likeness (QED) is 0.685. The molecule has 0 radical (unpaired) electrons. The zero-order chi connectivity index (χ0) is 19.4. The molecule has 0 aliphatic heterocycles. The molecule has 2 aromatic carbocycles. The lowest BCUT2D eigenvalue weighted by Gasteiger charge is -2.09. The first-order valence-electron chi connectivity index (χ1n) is 7.96. The van der Waals surface area contributed by atoms with E-state index in [0.717, 1.165) is 4.68 Å². The maximum Gasteiger partial charge on any atom is 0.387 e. The fraction of sp³-hybridized carbons (Fsp3) is 0.167. The third-order valence-electron chi connectivity index (χ3n) is 3.82. The van der Waals surface area contributed by atoms with E-state index in [9.17, 15) is 23.2 Å². The number of nitrogens with zero attached hydrogens (tertiary/aromatic N) is 1. The number of hydrogen-bond donors (Lipinski definition) is 2. The zero-order valence-electron chi connectivity index (χ0n) is 13.9. The van der Waals surface area contributed by atoms with E-state index in [4.69, 9.17) is 0 Å². The number of carbonyl (C=O) groups is 1. The van der Waals surface area contributed by atoms with Gasteiger partial charge in [0.25, 0.3) is 11.1 Å². The lowest BCUT2D eigenvalue weighted by atomic mass is 10.2. The van der Waals surface area contributed by atoms with Crippen molar-refractivity contribution in [2.24, 2.45) is 0 Å². The summed E-state index contributed by atoms with van der Waals surface area (Å²) in [5.74, 6) is -0.476. The van der Waals surface area contributed by atoms with Gasteiger partial charge in [-0.3, -0.25) is 19.5 Å². The van der Waals surface area contributed by atoms with Crippen molar-refractivity contribution in [3.8, 4) is 5.75 Å². The highest BCUT2D eigenvalue weighted by molar-refractivity contribution is 5.81. The minimum absolute atomic E-state index is 0.0142. The Hall–Kier alpha value is -3.49. The number of fused-ring (bicyclic) bond motifs is 1. The Morgan fingerprint density at radius 3 is 2.41 bits per heavy atom. The van der Waals surface area contributed by atoms with Crippen LogP contribution in [0.1, 0.15) is 5.56 Å². The zero-order valence-corrected chi connectivity index (χ0v) is 13.9. The molecule has 2 N–H and O–H groups in total. The second-order valence-electron chi connectivity index (χ2n) is 5.68. The van der Waals surface area contributed by atoms with Gasteiger partial charge in [-0.15, -0.1) is 0 Å². The predicted octanol–water partition coefficient (Wildman–Crippen LogP) is 1.61. The van der Waals surface area contributed by atoms with E-state index in [0.29, 0.717) is 5.56 Å². The van der Waals surface area contributed by atoms with Crippen molar-refractivity contribution in [2.75, 3.05) is 0 Å². The minimum atomic E-state index is -2.90. The molecule has 7 nitrogen and oxygen atoms in total. The summed E-state index contributed by atoms with van der Waals surface area (Å²) in [5, 5.41) is 5.45. The van der Waals surface area contributed by atoms with Gasteiger partial charge in [0.2, 0.25) is 5.91 Å². The number of nitrogens with one attached hydrogen (secondary N) is 2. The van der Waals surface area contributed by atoms with Crippen molar-refractivity contribution < 1.29 is 18.3 Å². The van der Waals surface area contributed by atoms with E-state index in [1.54, 1.807) is 12.1 Å². The van der Waals surface area contributed by atoms with Crippen molar-refractivity contribution in [1.29, 1.82) is 0 Å². The number of aromatic amines is 1. The van der Waals surface area contributed by atoms with E-state index >= 15 is 0 Å². The normalized spacial score (nSPS) is 10.9. The Bertz CT molecular complexity index is 1070. The van der Waals surface area contributed by atoms with Gasteiger partial charge < -0.3 is 10.1 Å². The predicted molar refractivity (Wildman–Crippen MR) is 93.7 cm³/mol. The van der Waals surface area contributed by atoms with Crippen LogP contribution in [0.25, 0.3) is 10.8 Å². The van der Waals surface area contributed by atoms with Gasteiger partial charge in [-0.1, -0.05) is 24.3 Å². The average molecular weight is 375 g/mol. The molecule has 0 unspecified atom stereocenters. The Balaban J connectivity index is 1.66. The smallest absolute Gasteiger partial charge is 0.387 e. The average Bonchev–Trinajstić information content (AvgIpc) is 2.65. The van der Waals surface area contributed by atoms with Crippen LogP contribution in [0.5, 0.6) is 5.75 Å². The number of benzene rings is 2. The van der Waals surface area contributed by atoms with Gasteiger partial charge in [0.1, 0.15) is 12.3 Å². The maximum atomic E-state index is 12.4. The van der Waals surface area contributed by atoms with Crippen LogP contribution in [-0.2, 0) is 17.9 Å². The number of alkyl halides is 2. The van der Waals surface area contributed by atoms with E-state index in [-0.39, 0.29) is 29.6 Å². The fourth-order valence-corrected chi connectivity index (χ4v) is 2.55. The SMILES string of the molecule is O=C(Cn1[nH]c(=O)c2ccccc2c1=O)NCc1ccc(OC(F)F)cc1. The number of carbonyl (C=O) groups excluding carboxylic acids is 1. The number of hydrogen-bond acceptors (Lipinski definition) is 4. The van der Waals surface area contributed by atoms with Gasteiger partial charge in [0.15, 0.2) is 0 Å². The van der Waals surface area contributed by atoms with Gasteiger partial charge in [0, 0.05) is 6.54 Å². The fourth-order valence-electron chi connectivity index (χ4n) is 2.55. The molecule has 0 saturated carbocycles. The number of halogens is 2. The molecule has 9 heteroatoms. The molecule has 0 fully saturated rings. The van der Waals surface area contributed by atoms with Crippen LogP contribution in [0.4, 0.5) is 8.78 Å². The summed E-state index contributed by atoms with van der Waals surface area (Å²) in [6.45, 7) is -3.13. The molecule has 1 heterocycles. The van der Waals surface area contributed by atoms with Gasteiger partial charge in [-0.05, 0) is 29.8 Å². The lowest BCUT2D eigenvalue weighted by Crippen LogP contribution is -2.36. The van der Waals surface area contributed by atoms with Crippen LogP contribution < -0.4 is 21.2 Å². The summed E-state index contributed by atoms with van der Waals surface area (Å²) in [6.07, 6.45) is 0. The van der Waals surface area contributed by atoms with Crippen molar-refractivity contribution in [3.63, 3.8) is 0 Å². The largest absolute Gasteiger partial charge is 0.435 e. The van der Waals surface area contributed by atoms with Crippen LogP contribution in [0, 0.1) is 0 Å². The summed E-state index contributed by atoms with van der Waals surface area (Å²) in [6, 6.07) is 12.1. The molecule has 3 aromatic rings. The van der Waals surface area contributed by atoms with Crippen molar-refractivity contribution >= 4 is 16.7 Å². The third kappa shape index (κ3) is 4.38. The maximum absolute atomic E-state index is 12.4. The summed E-state index contributed by atoms with van der Waals surface area (Å²) >= 11 is 0. The van der Waals surface area contributed by atoms with E-state index in [1.165, 1.54) is 36.4 Å². The topological polar surface area (TPSA) is 93.2 Å². The molecule has 0 spiro atoms.